The van der Waals surface area contributed by atoms with E-state index in [9.17, 15) is 9.59 Å². The lowest BCUT2D eigenvalue weighted by Crippen LogP contribution is -2.34. The Balaban J connectivity index is 1.81. The summed E-state index contributed by atoms with van der Waals surface area (Å²) in [6.45, 7) is 9.81. The zero-order chi connectivity index (χ0) is 21.2. The van der Waals surface area contributed by atoms with Crippen molar-refractivity contribution in [3.05, 3.63) is 53.9 Å². The Morgan fingerprint density at radius 1 is 1.03 bits per heavy atom. The van der Waals surface area contributed by atoms with Crippen LogP contribution in [-0.4, -0.2) is 23.0 Å². The van der Waals surface area contributed by atoms with Crippen molar-refractivity contribution in [2.75, 3.05) is 10.6 Å². The molecule has 0 saturated heterocycles. The van der Waals surface area contributed by atoms with E-state index < -0.39 is 0 Å². The van der Waals surface area contributed by atoms with Gasteiger partial charge in [0.05, 0.1) is 11.3 Å². The molecule has 0 bridgehead atoms. The smallest absolute Gasteiger partial charge is 0.319 e. The first kappa shape index (κ1) is 20.4. The summed E-state index contributed by atoms with van der Waals surface area (Å²) in [5, 5.41) is 8.32. The van der Waals surface area contributed by atoms with Gasteiger partial charge in [-0.05, 0) is 44.2 Å². The highest BCUT2D eigenvalue weighted by Gasteiger charge is 2.21. The molecule has 0 aliphatic rings. The van der Waals surface area contributed by atoms with Gasteiger partial charge in [-0.25, -0.2) is 9.78 Å². The maximum Gasteiger partial charge on any atom is 0.319 e. The maximum absolute atomic E-state index is 12.8. The van der Waals surface area contributed by atoms with E-state index in [1.165, 1.54) is 0 Å². The van der Waals surface area contributed by atoms with Gasteiger partial charge in [-0.3, -0.25) is 4.79 Å². The lowest BCUT2D eigenvalue weighted by molar-refractivity contribution is 0.102. The summed E-state index contributed by atoms with van der Waals surface area (Å²) in [4.78, 5) is 29.4. The van der Waals surface area contributed by atoms with Crippen LogP contribution in [0, 0.1) is 0 Å². The number of aromatic nitrogens is 1. The van der Waals surface area contributed by atoms with Crippen LogP contribution in [0.15, 0.2) is 46.9 Å². The number of urea groups is 1. The zero-order valence-electron chi connectivity index (χ0n) is 17.3. The second kappa shape index (κ2) is 7.95. The average molecular weight is 394 g/mol. The zero-order valence-corrected chi connectivity index (χ0v) is 17.3. The van der Waals surface area contributed by atoms with Gasteiger partial charge in [0.15, 0.2) is 5.58 Å². The number of benzene rings is 2. The van der Waals surface area contributed by atoms with E-state index in [0.29, 0.717) is 33.9 Å². The average Bonchev–Trinajstić information content (AvgIpc) is 3.05. The van der Waals surface area contributed by atoms with Crippen LogP contribution >= 0.6 is 0 Å². The molecule has 29 heavy (non-hydrogen) atoms. The van der Waals surface area contributed by atoms with E-state index in [4.69, 9.17) is 4.42 Å². The van der Waals surface area contributed by atoms with Gasteiger partial charge in [0.1, 0.15) is 5.52 Å². The summed E-state index contributed by atoms with van der Waals surface area (Å²) in [6.07, 6.45) is 0. The third kappa shape index (κ3) is 4.93. The number of anilines is 2. The Labute approximate surface area is 169 Å². The fourth-order valence-electron chi connectivity index (χ4n) is 2.74. The Morgan fingerprint density at radius 3 is 2.45 bits per heavy atom. The van der Waals surface area contributed by atoms with Crippen LogP contribution in [0.4, 0.5) is 16.2 Å². The Bertz CT molecular complexity index is 1050. The van der Waals surface area contributed by atoms with Gasteiger partial charge in [-0.15, -0.1) is 0 Å². The summed E-state index contributed by atoms with van der Waals surface area (Å²) in [5.41, 5.74) is 2.53. The number of nitrogens with one attached hydrogen (secondary N) is 3. The minimum absolute atomic E-state index is 0.0110. The lowest BCUT2D eigenvalue weighted by atomic mass is 9.97. The highest BCUT2D eigenvalue weighted by molar-refractivity contribution is 6.10. The third-order valence-electron chi connectivity index (χ3n) is 4.13. The first-order valence-electron chi connectivity index (χ1n) is 9.52. The van der Waals surface area contributed by atoms with E-state index in [2.05, 4.69) is 20.9 Å². The Hall–Kier alpha value is -3.35. The molecule has 7 nitrogen and oxygen atoms in total. The molecule has 0 spiro atoms. The Kier molecular flexibility index (Phi) is 5.59. The van der Waals surface area contributed by atoms with E-state index in [1.807, 2.05) is 34.6 Å². The normalized spacial score (nSPS) is 11.5. The predicted molar refractivity (Wildman–Crippen MR) is 114 cm³/mol. The molecule has 1 aromatic heterocycles. The van der Waals surface area contributed by atoms with Crippen LogP contribution in [0.2, 0.25) is 0 Å². The molecule has 3 amide bonds. The number of oxazole rings is 1. The van der Waals surface area contributed by atoms with Crippen molar-refractivity contribution in [3.63, 3.8) is 0 Å². The predicted octanol–water partition coefficient (Wildman–Crippen LogP) is 4.91. The number of nitrogens with zero attached hydrogens (tertiary/aromatic N) is 1. The molecule has 0 fully saturated rings. The molecule has 3 rings (SSSR count). The molecule has 1 heterocycles. The van der Waals surface area contributed by atoms with Gasteiger partial charge in [0.2, 0.25) is 5.89 Å². The van der Waals surface area contributed by atoms with Crippen LogP contribution in [0.1, 0.15) is 50.9 Å². The number of carbonyl (C=O) groups excluding carboxylic acids is 2. The summed E-state index contributed by atoms with van der Waals surface area (Å²) < 4.78 is 5.79. The second-order valence-electron chi connectivity index (χ2n) is 8.20. The van der Waals surface area contributed by atoms with Crippen molar-refractivity contribution in [2.24, 2.45) is 0 Å². The second-order valence-corrected chi connectivity index (χ2v) is 8.20. The van der Waals surface area contributed by atoms with E-state index in [0.717, 1.165) is 0 Å². The molecule has 0 radical (unpaired) electrons. The van der Waals surface area contributed by atoms with Gasteiger partial charge in [0, 0.05) is 17.1 Å². The largest absolute Gasteiger partial charge is 0.440 e. The van der Waals surface area contributed by atoms with Crippen LogP contribution in [-0.2, 0) is 5.41 Å². The molecular formula is C22H26N4O3. The number of hydrogen-bond donors (Lipinski definition) is 3. The third-order valence-corrected chi connectivity index (χ3v) is 4.13. The van der Waals surface area contributed by atoms with Gasteiger partial charge in [-0.2, -0.15) is 0 Å². The first-order valence-corrected chi connectivity index (χ1v) is 9.52. The number of fused-ring (bicyclic) bond motifs is 1. The van der Waals surface area contributed by atoms with Crippen molar-refractivity contribution in [1.82, 2.24) is 10.3 Å². The number of rotatable bonds is 4. The van der Waals surface area contributed by atoms with Crippen molar-refractivity contribution in [3.8, 4) is 0 Å². The number of para-hydroxylation sites is 1. The van der Waals surface area contributed by atoms with Gasteiger partial charge in [-0.1, -0.05) is 32.9 Å². The molecule has 152 valence electrons. The number of hydrogen-bond acceptors (Lipinski definition) is 4. The lowest BCUT2D eigenvalue weighted by Gasteiger charge is -2.13. The minimum Gasteiger partial charge on any atom is -0.440 e. The molecule has 0 atom stereocenters. The molecular weight excluding hydrogens is 368 g/mol. The van der Waals surface area contributed by atoms with Crippen molar-refractivity contribution < 1.29 is 14.0 Å². The van der Waals surface area contributed by atoms with Crippen LogP contribution in [0.25, 0.3) is 11.1 Å². The first-order chi connectivity index (χ1) is 13.6. The molecule has 3 N–H and O–H groups in total. The van der Waals surface area contributed by atoms with Crippen molar-refractivity contribution in [1.29, 1.82) is 0 Å². The van der Waals surface area contributed by atoms with Crippen LogP contribution in [0.5, 0.6) is 0 Å². The van der Waals surface area contributed by atoms with Crippen LogP contribution in [0.3, 0.4) is 0 Å². The molecule has 3 aromatic rings. The molecule has 7 heteroatoms. The summed E-state index contributed by atoms with van der Waals surface area (Å²) in [5.74, 6) is 0.311. The molecule has 0 unspecified atom stereocenters. The highest BCUT2D eigenvalue weighted by Crippen LogP contribution is 2.27. The molecule has 0 saturated carbocycles. The van der Waals surface area contributed by atoms with Gasteiger partial charge in [0.25, 0.3) is 5.91 Å². The van der Waals surface area contributed by atoms with Crippen molar-refractivity contribution >= 4 is 34.4 Å². The van der Waals surface area contributed by atoms with E-state index in [1.54, 1.807) is 42.5 Å². The fraction of sp³-hybridized carbons (Fsp3) is 0.318. The fourth-order valence-corrected chi connectivity index (χ4v) is 2.74. The molecule has 2 aromatic carbocycles. The minimum atomic E-state index is -0.362. The quantitative estimate of drug-likeness (QED) is 0.586. The summed E-state index contributed by atoms with van der Waals surface area (Å²) in [7, 11) is 0. The summed E-state index contributed by atoms with van der Waals surface area (Å²) in [6, 6.07) is 11.8. The standard InChI is InChI=1S/C22H26N4O3/c1-13(2)23-21(28)26-16-9-7-6-8-15(16)19(27)24-14-10-11-18-17(12-14)25-20(29-18)22(3,4)5/h6-13H,1-5H3,(H,24,27)(H2,23,26,28). The van der Waals surface area contributed by atoms with Crippen LogP contribution < -0.4 is 16.0 Å². The molecule has 0 aliphatic heterocycles. The van der Waals surface area contributed by atoms with Gasteiger partial charge >= 0.3 is 6.03 Å². The summed E-state index contributed by atoms with van der Waals surface area (Å²) >= 11 is 0. The van der Waals surface area contributed by atoms with Gasteiger partial charge < -0.3 is 20.4 Å². The SMILES string of the molecule is CC(C)NC(=O)Nc1ccccc1C(=O)Nc1ccc2oc(C(C)(C)C)nc2c1. The number of amides is 3. The number of carbonyl (C=O) groups is 2. The van der Waals surface area contributed by atoms with Crippen molar-refractivity contribution in [2.45, 2.75) is 46.1 Å². The van der Waals surface area contributed by atoms with E-state index >= 15 is 0 Å². The monoisotopic (exact) mass is 394 g/mol. The highest BCUT2D eigenvalue weighted by atomic mass is 16.3. The molecule has 0 aliphatic carbocycles. The maximum atomic E-state index is 12.8. The van der Waals surface area contributed by atoms with E-state index in [-0.39, 0.29) is 23.4 Å². The Morgan fingerprint density at radius 2 is 1.76 bits per heavy atom. The topological polar surface area (TPSA) is 96.3 Å².